The van der Waals surface area contributed by atoms with E-state index in [4.69, 9.17) is 0 Å². The van der Waals surface area contributed by atoms with Gasteiger partial charge in [-0.1, -0.05) is 35.3 Å². The number of imidazole rings is 1. The molecule has 2 N–H and O–H groups in total. The number of amides is 2. The predicted octanol–water partition coefficient (Wildman–Crippen LogP) is 0.224. The Balaban J connectivity index is 1.75. The smallest absolute Gasteiger partial charge is 0.390 e. The predicted molar refractivity (Wildman–Crippen MR) is 80.2 cm³/mol. The molecule has 9 heteroatoms. The van der Waals surface area contributed by atoms with Gasteiger partial charge in [-0.3, -0.25) is 9.59 Å². The second-order valence-electron chi connectivity index (χ2n) is 4.60. The first-order chi connectivity index (χ1) is 11.1. The highest BCUT2D eigenvalue weighted by atomic mass is 16.6. The van der Waals surface area contributed by atoms with Gasteiger partial charge in [-0.2, -0.15) is 0 Å². The Hall–Kier alpha value is -3.23. The van der Waals surface area contributed by atoms with Gasteiger partial charge < -0.3 is 20.7 Å². The summed E-state index contributed by atoms with van der Waals surface area (Å²) < 4.78 is 1.28. The lowest BCUT2D eigenvalue weighted by Gasteiger charge is -2.06. The lowest BCUT2D eigenvalue weighted by Crippen LogP contribution is -2.40. The van der Waals surface area contributed by atoms with E-state index >= 15 is 0 Å². The van der Waals surface area contributed by atoms with Crippen LogP contribution in [0.15, 0.2) is 42.7 Å². The number of benzene rings is 1. The molecule has 0 aliphatic heterocycles. The van der Waals surface area contributed by atoms with Crippen molar-refractivity contribution in [1.29, 1.82) is 0 Å². The maximum Gasteiger partial charge on any atom is 0.434 e. The zero-order chi connectivity index (χ0) is 16.7. The molecule has 1 heterocycles. The van der Waals surface area contributed by atoms with Gasteiger partial charge in [0.15, 0.2) is 0 Å². The number of nitrogens with zero attached hydrogens (tertiary/aromatic N) is 3. The minimum absolute atomic E-state index is 0.0782. The van der Waals surface area contributed by atoms with E-state index < -0.39 is 16.7 Å². The normalized spacial score (nSPS) is 10.1. The number of carbonyl (C=O) groups is 2. The summed E-state index contributed by atoms with van der Waals surface area (Å²) in [5.41, 5.74) is 0.877. The molecule has 1 aromatic heterocycles. The second kappa shape index (κ2) is 7.69. The van der Waals surface area contributed by atoms with E-state index in [-0.39, 0.29) is 25.6 Å². The van der Waals surface area contributed by atoms with Crippen LogP contribution >= 0.6 is 0 Å². The van der Waals surface area contributed by atoms with Gasteiger partial charge in [0.05, 0.1) is 6.54 Å². The number of nitro groups is 1. The van der Waals surface area contributed by atoms with E-state index in [1.165, 1.54) is 17.0 Å². The molecular weight excluding hydrogens is 302 g/mol. The molecule has 120 valence electrons. The van der Waals surface area contributed by atoms with Gasteiger partial charge >= 0.3 is 17.8 Å². The van der Waals surface area contributed by atoms with Crippen LogP contribution in [-0.2, 0) is 22.7 Å². The van der Waals surface area contributed by atoms with E-state index in [0.29, 0.717) is 0 Å². The van der Waals surface area contributed by atoms with Crippen LogP contribution in [0.3, 0.4) is 0 Å². The van der Waals surface area contributed by atoms with Gasteiger partial charge in [0.1, 0.15) is 12.4 Å². The molecule has 2 rings (SSSR count). The minimum Gasteiger partial charge on any atom is -0.390 e. The van der Waals surface area contributed by atoms with Gasteiger partial charge in [-0.05, 0) is 10.5 Å². The first-order valence-corrected chi connectivity index (χ1v) is 6.83. The van der Waals surface area contributed by atoms with Crippen LogP contribution in [0, 0.1) is 10.1 Å². The Labute approximate surface area is 131 Å². The number of nitrogens with one attached hydrogen (secondary N) is 2. The van der Waals surface area contributed by atoms with Crippen LogP contribution in [0.1, 0.15) is 5.56 Å². The van der Waals surface area contributed by atoms with Crippen LogP contribution < -0.4 is 10.6 Å². The Morgan fingerprint density at radius 2 is 1.87 bits per heavy atom. The zero-order valence-corrected chi connectivity index (χ0v) is 12.1. The third kappa shape index (κ3) is 4.63. The average Bonchev–Trinajstić information content (AvgIpc) is 3.02. The molecule has 2 aromatic rings. The summed E-state index contributed by atoms with van der Waals surface area (Å²) in [5.74, 6) is -1.86. The maximum atomic E-state index is 11.6. The van der Waals surface area contributed by atoms with Gasteiger partial charge in [-0.25, -0.2) is 4.57 Å². The number of carbonyl (C=O) groups excluding carboxylic acids is 2. The summed E-state index contributed by atoms with van der Waals surface area (Å²) in [6, 6.07) is 9.18. The fraction of sp³-hybridized carbons (Fsp3) is 0.214. The summed E-state index contributed by atoms with van der Waals surface area (Å²) in [6.45, 7) is 0.475. The number of hydrogen-bond acceptors (Lipinski definition) is 5. The SMILES string of the molecule is O=C(NCCn1ccnc1[N+](=O)[O-])C(=O)NCc1ccccc1. The molecule has 9 nitrogen and oxygen atoms in total. The van der Waals surface area contributed by atoms with Crippen LogP contribution in [0.5, 0.6) is 0 Å². The van der Waals surface area contributed by atoms with Crippen molar-refractivity contribution in [3.05, 3.63) is 58.4 Å². The third-order valence-electron chi connectivity index (χ3n) is 3.00. The monoisotopic (exact) mass is 317 g/mol. The first-order valence-electron chi connectivity index (χ1n) is 6.83. The van der Waals surface area contributed by atoms with Gasteiger partial charge in [-0.15, -0.1) is 0 Å². The van der Waals surface area contributed by atoms with Gasteiger partial charge in [0.2, 0.25) is 0 Å². The van der Waals surface area contributed by atoms with Crippen LogP contribution in [0.4, 0.5) is 5.95 Å². The van der Waals surface area contributed by atoms with Gasteiger partial charge in [0.25, 0.3) is 0 Å². The van der Waals surface area contributed by atoms with Crippen molar-refractivity contribution in [2.75, 3.05) is 6.54 Å². The summed E-state index contributed by atoms with van der Waals surface area (Å²) in [6.07, 6.45) is 2.73. The Morgan fingerprint density at radius 1 is 1.17 bits per heavy atom. The topological polar surface area (TPSA) is 119 Å². The molecule has 1 aromatic carbocycles. The minimum atomic E-state index is -0.788. The quantitative estimate of drug-likeness (QED) is 0.449. The maximum absolute atomic E-state index is 11.6. The van der Waals surface area contributed by atoms with Crippen molar-refractivity contribution in [2.45, 2.75) is 13.1 Å². The summed E-state index contributed by atoms with van der Waals surface area (Å²) in [4.78, 5) is 36.9. The number of hydrogen-bond donors (Lipinski definition) is 2. The lowest BCUT2D eigenvalue weighted by atomic mass is 10.2. The molecule has 2 amide bonds. The second-order valence-corrected chi connectivity index (χ2v) is 4.60. The van der Waals surface area contributed by atoms with Crippen molar-refractivity contribution in [3.63, 3.8) is 0 Å². The Kier molecular flexibility index (Phi) is 5.40. The average molecular weight is 317 g/mol. The van der Waals surface area contributed by atoms with Crippen molar-refractivity contribution in [3.8, 4) is 0 Å². The third-order valence-corrected chi connectivity index (χ3v) is 3.00. The molecule has 0 atom stereocenters. The fourth-order valence-corrected chi connectivity index (χ4v) is 1.88. The molecule has 0 aliphatic carbocycles. The summed E-state index contributed by atoms with van der Waals surface area (Å²) >= 11 is 0. The van der Waals surface area contributed by atoms with Crippen molar-refractivity contribution in [2.24, 2.45) is 0 Å². The highest BCUT2D eigenvalue weighted by molar-refractivity contribution is 6.35. The highest BCUT2D eigenvalue weighted by Crippen LogP contribution is 2.06. The molecule has 0 saturated heterocycles. The van der Waals surface area contributed by atoms with Crippen molar-refractivity contribution in [1.82, 2.24) is 20.2 Å². The summed E-state index contributed by atoms with van der Waals surface area (Å²) in [7, 11) is 0. The molecular formula is C14H15N5O4. The Morgan fingerprint density at radius 3 is 2.57 bits per heavy atom. The Bertz CT molecular complexity index is 698. The van der Waals surface area contributed by atoms with Crippen LogP contribution in [0.25, 0.3) is 0 Å². The molecule has 0 radical (unpaired) electrons. The van der Waals surface area contributed by atoms with Crippen LogP contribution in [0.2, 0.25) is 0 Å². The number of aromatic nitrogens is 2. The van der Waals surface area contributed by atoms with Gasteiger partial charge in [0, 0.05) is 13.1 Å². The van der Waals surface area contributed by atoms with E-state index in [1.807, 2.05) is 30.3 Å². The zero-order valence-electron chi connectivity index (χ0n) is 12.1. The first kappa shape index (κ1) is 16.1. The van der Waals surface area contributed by atoms with Crippen LogP contribution in [-0.4, -0.2) is 32.8 Å². The molecule has 0 aliphatic rings. The molecule has 0 fully saturated rings. The van der Waals surface area contributed by atoms with E-state index in [1.54, 1.807) is 0 Å². The molecule has 0 bridgehead atoms. The largest absolute Gasteiger partial charge is 0.434 e. The number of rotatable bonds is 6. The standard InChI is InChI=1S/C14H15N5O4/c20-12(13(21)17-10-11-4-2-1-3-5-11)15-6-8-18-9-7-16-14(18)19(22)23/h1-5,7,9H,6,8,10H2,(H,15,20)(H,17,21). The molecule has 0 saturated carbocycles. The van der Waals surface area contributed by atoms with E-state index in [2.05, 4.69) is 15.6 Å². The summed E-state index contributed by atoms with van der Waals surface area (Å²) in [5, 5.41) is 15.6. The highest BCUT2D eigenvalue weighted by Gasteiger charge is 2.16. The van der Waals surface area contributed by atoms with E-state index in [0.717, 1.165) is 5.56 Å². The van der Waals surface area contributed by atoms with Crippen molar-refractivity contribution >= 4 is 17.8 Å². The fourth-order valence-electron chi connectivity index (χ4n) is 1.88. The van der Waals surface area contributed by atoms with Crippen molar-refractivity contribution < 1.29 is 14.5 Å². The molecule has 0 unspecified atom stereocenters. The molecule has 23 heavy (non-hydrogen) atoms. The molecule has 0 spiro atoms. The van der Waals surface area contributed by atoms with E-state index in [9.17, 15) is 19.7 Å². The lowest BCUT2D eigenvalue weighted by molar-refractivity contribution is -0.396.